The monoisotopic (exact) mass is 463 g/mol. The van der Waals surface area contributed by atoms with Gasteiger partial charge in [0.1, 0.15) is 35.8 Å². The van der Waals surface area contributed by atoms with E-state index >= 15 is 0 Å². The van der Waals surface area contributed by atoms with Crippen LogP contribution in [0.4, 0.5) is 13.2 Å². The maximum atomic E-state index is 13.9. The van der Waals surface area contributed by atoms with E-state index in [4.69, 9.17) is 0 Å². The number of aromatic nitrogens is 3. The van der Waals surface area contributed by atoms with E-state index in [1.807, 2.05) is 9.29 Å². The van der Waals surface area contributed by atoms with Gasteiger partial charge in [-0.1, -0.05) is 12.8 Å². The number of hydrogen-bond acceptors (Lipinski definition) is 5. The fourth-order valence-electron chi connectivity index (χ4n) is 4.13. The van der Waals surface area contributed by atoms with E-state index in [1.165, 1.54) is 12.1 Å². The summed E-state index contributed by atoms with van der Waals surface area (Å²) in [5.74, 6) is -0.371. The summed E-state index contributed by atoms with van der Waals surface area (Å²) in [6.07, 6.45) is 5.83. The van der Waals surface area contributed by atoms with Gasteiger partial charge in [-0.15, -0.1) is 0 Å². The fourth-order valence-corrected chi connectivity index (χ4v) is 5.21. The summed E-state index contributed by atoms with van der Waals surface area (Å²) >= 11 is 0. The summed E-state index contributed by atoms with van der Waals surface area (Å²) in [7, 11) is -4.23. The first-order chi connectivity index (χ1) is 15.4. The minimum absolute atomic E-state index is 0.0728. The highest BCUT2D eigenvalue weighted by atomic mass is 32.2. The van der Waals surface area contributed by atoms with Crippen LogP contribution in [-0.2, 0) is 10.0 Å². The lowest BCUT2D eigenvalue weighted by molar-refractivity contribution is 0.334. The van der Waals surface area contributed by atoms with Crippen LogP contribution in [-0.4, -0.2) is 42.3 Å². The van der Waals surface area contributed by atoms with Gasteiger partial charge in [-0.2, -0.15) is 5.26 Å². The first-order valence-electron chi connectivity index (χ1n) is 10.1. The largest absolute Gasteiger partial charge is 0.334 e. The average Bonchev–Trinajstić information content (AvgIpc) is 3.43. The Kier molecular flexibility index (Phi) is 6.17. The molecule has 0 saturated heterocycles. The van der Waals surface area contributed by atoms with Crippen LogP contribution in [0.3, 0.4) is 0 Å². The summed E-state index contributed by atoms with van der Waals surface area (Å²) in [6.45, 7) is -2.39. The Balaban J connectivity index is 1.83. The van der Waals surface area contributed by atoms with Crippen molar-refractivity contribution in [3.63, 3.8) is 0 Å². The quantitative estimate of drug-likeness (QED) is 0.574. The minimum Gasteiger partial charge on any atom is -0.334 e. The van der Waals surface area contributed by atoms with E-state index in [-0.39, 0.29) is 22.3 Å². The molecule has 7 nitrogen and oxygen atoms in total. The molecule has 3 aromatic rings. The fraction of sp³-hybridized carbons (Fsp3) is 0.381. The second-order valence-corrected chi connectivity index (χ2v) is 9.39. The predicted molar refractivity (Wildman–Crippen MR) is 111 cm³/mol. The molecule has 1 saturated carbocycles. The average molecular weight is 463 g/mol. The summed E-state index contributed by atoms with van der Waals surface area (Å²) < 4.78 is 68.0. The van der Waals surface area contributed by atoms with Crippen molar-refractivity contribution in [2.45, 2.75) is 42.7 Å². The van der Waals surface area contributed by atoms with E-state index in [2.05, 4.69) is 16.0 Å². The molecule has 1 aliphatic carbocycles. The molecule has 168 valence electrons. The van der Waals surface area contributed by atoms with Crippen molar-refractivity contribution in [1.82, 2.24) is 19.3 Å². The van der Waals surface area contributed by atoms with Gasteiger partial charge in [0, 0.05) is 11.4 Å². The molecule has 0 spiro atoms. The number of hydrogen-bond donors (Lipinski definition) is 1. The Bertz CT molecular complexity index is 1280. The molecule has 0 amide bonds. The zero-order valence-electron chi connectivity index (χ0n) is 16.9. The lowest BCUT2D eigenvalue weighted by Crippen LogP contribution is -2.38. The lowest BCUT2D eigenvalue weighted by Gasteiger charge is -2.17. The zero-order chi connectivity index (χ0) is 22.9. The lowest BCUT2D eigenvalue weighted by atomic mass is 10.1. The zero-order valence-corrected chi connectivity index (χ0v) is 17.7. The van der Waals surface area contributed by atoms with Crippen molar-refractivity contribution in [3.8, 4) is 17.6 Å². The molecule has 1 N–H and O–H groups in total. The van der Waals surface area contributed by atoms with Crippen LogP contribution in [0.2, 0.25) is 0 Å². The van der Waals surface area contributed by atoms with Gasteiger partial charge in [0.15, 0.2) is 5.82 Å². The highest BCUT2D eigenvalue weighted by Gasteiger charge is 2.28. The molecule has 4 rings (SSSR count). The van der Waals surface area contributed by atoms with Gasteiger partial charge < -0.3 is 4.57 Å². The SMILES string of the molecule is N#Cc1c(-c2ncc(S(=O)(=O)NC(CF)CF)cn2)n(C2CCCC2)c2ccc(F)cc12. The third-order valence-corrected chi connectivity index (χ3v) is 7.09. The second kappa shape index (κ2) is 8.88. The van der Waals surface area contributed by atoms with E-state index in [0.29, 0.717) is 16.6 Å². The molecule has 11 heteroatoms. The molecular formula is C21H20F3N5O2S. The maximum Gasteiger partial charge on any atom is 0.244 e. The van der Waals surface area contributed by atoms with E-state index in [1.54, 1.807) is 6.07 Å². The highest BCUT2D eigenvalue weighted by Crippen LogP contribution is 2.40. The molecule has 1 aromatic carbocycles. The molecule has 32 heavy (non-hydrogen) atoms. The molecule has 2 heterocycles. The Hall–Kier alpha value is -2.97. The Morgan fingerprint density at radius 1 is 1.19 bits per heavy atom. The standard InChI is InChI=1S/C21H20F3N5O2S/c22-8-14(9-23)28-32(30,31)16-11-26-21(27-12-16)20-18(10-25)17-7-13(24)5-6-19(17)29(20)15-3-1-2-4-15/h5-7,11-12,14-15,28H,1-4,8-9H2. The molecular weight excluding hydrogens is 443 g/mol. The second-order valence-electron chi connectivity index (χ2n) is 7.67. The predicted octanol–water partition coefficient (Wildman–Crippen LogP) is 3.81. The van der Waals surface area contributed by atoms with Crippen LogP contribution >= 0.6 is 0 Å². The van der Waals surface area contributed by atoms with Crippen LogP contribution in [0.1, 0.15) is 37.3 Å². The van der Waals surface area contributed by atoms with Crippen molar-refractivity contribution in [2.24, 2.45) is 0 Å². The normalized spacial score (nSPS) is 15.0. The topological polar surface area (TPSA) is 101 Å². The maximum absolute atomic E-state index is 13.9. The smallest absolute Gasteiger partial charge is 0.244 e. The Labute approximate surface area is 183 Å². The van der Waals surface area contributed by atoms with E-state index in [0.717, 1.165) is 38.1 Å². The van der Waals surface area contributed by atoms with Gasteiger partial charge >= 0.3 is 0 Å². The number of halogens is 3. The number of fused-ring (bicyclic) bond motifs is 1. The molecule has 1 fully saturated rings. The first kappa shape index (κ1) is 22.2. The van der Waals surface area contributed by atoms with E-state index in [9.17, 15) is 26.9 Å². The minimum atomic E-state index is -4.23. The van der Waals surface area contributed by atoms with Gasteiger partial charge in [0.25, 0.3) is 0 Å². The third-order valence-electron chi connectivity index (χ3n) is 5.61. The van der Waals surface area contributed by atoms with Crippen LogP contribution in [0, 0.1) is 17.1 Å². The van der Waals surface area contributed by atoms with Crippen molar-refractivity contribution in [3.05, 3.63) is 42.0 Å². The number of alkyl halides is 2. The number of benzene rings is 1. The number of rotatable bonds is 7. The van der Waals surface area contributed by atoms with Gasteiger partial charge in [-0.05, 0) is 31.0 Å². The van der Waals surface area contributed by atoms with Crippen LogP contribution in [0.25, 0.3) is 22.4 Å². The Morgan fingerprint density at radius 3 is 2.44 bits per heavy atom. The number of sulfonamides is 1. The Morgan fingerprint density at radius 2 is 1.84 bits per heavy atom. The molecule has 1 aliphatic rings. The van der Waals surface area contributed by atoms with Crippen LogP contribution in [0.15, 0.2) is 35.5 Å². The van der Waals surface area contributed by atoms with Gasteiger partial charge in [-0.3, -0.25) is 0 Å². The molecule has 0 aliphatic heterocycles. The third kappa shape index (κ3) is 3.96. The van der Waals surface area contributed by atoms with Gasteiger partial charge in [0.05, 0.1) is 29.5 Å². The summed E-state index contributed by atoms with van der Waals surface area (Å²) in [4.78, 5) is 7.94. The van der Waals surface area contributed by atoms with Gasteiger partial charge in [0.2, 0.25) is 10.0 Å². The van der Waals surface area contributed by atoms with E-state index < -0.39 is 35.2 Å². The van der Waals surface area contributed by atoms with Crippen molar-refractivity contribution in [2.75, 3.05) is 13.3 Å². The number of nitrogens with one attached hydrogen (secondary N) is 1. The summed E-state index contributed by atoms with van der Waals surface area (Å²) in [5.41, 5.74) is 1.28. The highest BCUT2D eigenvalue weighted by molar-refractivity contribution is 7.89. The van der Waals surface area contributed by atoms with Crippen LogP contribution in [0.5, 0.6) is 0 Å². The van der Waals surface area contributed by atoms with Crippen molar-refractivity contribution < 1.29 is 21.6 Å². The van der Waals surface area contributed by atoms with Crippen molar-refractivity contribution >= 4 is 20.9 Å². The molecule has 0 unspecified atom stereocenters. The summed E-state index contributed by atoms with van der Waals surface area (Å²) in [6, 6.07) is 4.92. The molecule has 0 atom stereocenters. The van der Waals surface area contributed by atoms with Gasteiger partial charge in [-0.25, -0.2) is 36.3 Å². The first-order valence-corrected chi connectivity index (χ1v) is 11.6. The summed E-state index contributed by atoms with van der Waals surface area (Å²) in [5, 5.41) is 10.3. The molecule has 0 bridgehead atoms. The number of nitriles is 1. The molecule has 0 radical (unpaired) electrons. The molecule has 2 aromatic heterocycles. The number of nitrogens with zero attached hydrogens (tertiary/aromatic N) is 4. The van der Waals surface area contributed by atoms with Crippen molar-refractivity contribution in [1.29, 1.82) is 5.26 Å². The van der Waals surface area contributed by atoms with Crippen LogP contribution < -0.4 is 4.72 Å².